The molecule has 1 aromatic heterocycles. The molecule has 1 saturated heterocycles. The van der Waals surface area contributed by atoms with Crippen LogP contribution in [0.25, 0.3) is 11.0 Å². The van der Waals surface area contributed by atoms with E-state index >= 15 is 0 Å². The van der Waals surface area contributed by atoms with Crippen LogP contribution in [0.3, 0.4) is 0 Å². The molecular formula is C15H18N2O4S. The number of rotatable bonds is 4. The molecule has 3 rings (SSSR count). The first-order valence-corrected chi connectivity index (χ1v) is 9.02. The smallest absolute Gasteiger partial charge is 0.238 e. The van der Waals surface area contributed by atoms with Crippen molar-refractivity contribution in [3.63, 3.8) is 0 Å². The minimum atomic E-state index is -3.35. The van der Waals surface area contributed by atoms with Gasteiger partial charge in [-0.2, -0.15) is 4.31 Å². The summed E-state index contributed by atoms with van der Waals surface area (Å²) in [5.41, 5.74) is 0.769. The molecule has 1 N–H and O–H groups in total. The molecule has 1 aliphatic rings. The minimum absolute atomic E-state index is 0.252. The molecule has 0 radical (unpaired) electrons. The van der Waals surface area contributed by atoms with Crippen LogP contribution in [0, 0.1) is 0 Å². The first kappa shape index (κ1) is 15.1. The van der Waals surface area contributed by atoms with E-state index in [4.69, 9.17) is 4.42 Å². The topological polar surface area (TPSA) is 79.6 Å². The normalized spacial score (nSPS) is 19.6. The van der Waals surface area contributed by atoms with Gasteiger partial charge in [-0.15, -0.1) is 0 Å². The van der Waals surface area contributed by atoms with E-state index in [1.54, 1.807) is 0 Å². The Hall–Kier alpha value is -1.86. The zero-order valence-electron chi connectivity index (χ0n) is 12.3. The van der Waals surface area contributed by atoms with E-state index in [2.05, 4.69) is 5.32 Å². The van der Waals surface area contributed by atoms with Gasteiger partial charge in [-0.1, -0.05) is 18.2 Å². The predicted octanol–water partition coefficient (Wildman–Crippen LogP) is 1.47. The summed E-state index contributed by atoms with van der Waals surface area (Å²) in [5.74, 6) is 0.377. The van der Waals surface area contributed by atoms with E-state index in [1.165, 1.54) is 4.31 Å². The number of sulfonamides is 1. The summed E-state index contributed by atoms with van der Waals surface area (Å²) in [6.45, 7) is 0.656. The van der Waals surface area contributed by atoms with Crippen molar-refractivity contribution in [3.05, 3.63) is 36.1 Å². The monoisotopic (exact) mass is 322 g/mol. The van der Waals surface area contributed by atoms with Gasteiger partial charge >= 0.3 is 0 Å². The first-order valence-electron chi connectivity index (χ1n) is 7.17. The third-order valence-corrected chi connectivity index (χ3v) is 5.13. The van der Waals surface area contributed by atoms with Gasteiger partial charge < -0.3 is 9.73 Å². The minimum Gasteiger partial charge on any atom is -0.459 e. The summed E-state index contributed by atoms with van der Waals surface area (Å²) in [5, 5.41) is 3.74. The number of amides is 1. The highest BCUT2D eigenvalue weighted by Crippen LogP contribution is 2.21. The Labute approximate surface area is 129 Å². The van der Waals surface area contributed by atoms with Crippen molar-refractivity contribution in [2.45, 2.75) is 25.4 Å². The van der Waals surface area contributed by atoms with Crippen LogP contribution in [-0.2, 0) is 21.4 Å². The highest BCUT2D eigenvalue weighted by atomic mass is 32.2. The second-order valence-corrected chi connectivity index (χ2v) is 7.44. The van der Waals surface area contributed by atoms with Crippen LogP contribution in [0.1, 0.15) is 18.6 Å². The lowest BCUT2D eigenvalue weighted by atomic mass is 10.2. The van der Waals surface area contributed by atoms with E-state index in [9.17, 15) is 13.2 Å². The van der Waals surface area contributed by atoms with Crippen LogP contribution in [0.15, 0.2) is 34.7 Å². The quantitative estimate of drug-likeness (QED) is 0.924. The zero-order valence-corrected chi connectivity index (χ0v) is 13.1. The second kappa shape index (κ2) is 5.73. The molecule has 2 aromatic rings. The van der Waals surface area contributed by atoms with E-state index in [0.717, 1.165) is 17.2 Å². The number of furan rings is 1. The lowest BCUT2D eigenvalue weighted by Crippen LogP contribution is -2.45. The number of nitrogens with one attached hydrogen (secondary N) is 1. The number of benzene rings is 1. The highest BCUT2D eigenvalue weighted by Gasteiger charge is 2.36. The van der Waals surface area contributed by atoms with Gasteiger partial charge in [-0.05, 0) is 25.0 Å². The van der Waals surface area contributed by atoms with Gasteiger partial charge in [0.15, 0.2) is 0 Å². The molecule has 22 heavy (non-hydrogen) atoms. The van der Waals surface area contributed by atoms with Crippen molar-refractivity contribution in [3.8, 4) is 0 Å². The van der Waals surface area contributed by atoms with Gasteiger partial charge in [-0.3, -0.25) is 4.79 Å². The molecule has 1 atom stereocenters. The lowest BCUT2D eigenvalue weighted by Gasteiger charge is -2.21. The zero-order chi connectivity index (χ0) is 15.7. The average molecular weight is 322 g/mol. The first-order chi connectivity index (χ1) is 10.4. The van der Waals surface area contributed by atoms with Crippen molar-refractivity contribution >= 4 is 26.9 Å². The van der Waals surface area contributed by atoms with Crippen molar-refractivity contribution < 1.29 is 17.6 Å². The van der Waals surface area contributed by atoms with Crippen LogP contribution in [0.4, 0.5) is 0 Å². The molecule has 0 aliphatic carbocycles. The lowest BCUT2D eigenvalue weighted by molar-refractivity contribution is -0.124. The van der Waals surface area contributed by atoms with Gasteiger partial charge in [0.2, 0.25) is 15.9 Å². The third kappa shape index (κ3) is 3.00. The van der Waals surface area contributed by atoms with E-state index in [0.29, 0.717) is 25.1 Å². The molecule has 7 heteroatoms. The molecule has 1 aliphatic heterocycles. The van der Waals surface area contributed by atoms with Crippen LogP contribution < -0.4 is 5.32 Å². The number of hydrogen-bond acceptors (Lipinski definition) is 4. The maximum absolute atomic E-state index is 12.2. The van der Waals surface area contributed by atoms with Crippen molar-refractivity contribution in [2.24, 2.45) is 0 Å². The largest absolute Gasteiger partial charge is 0.459 e. The number of carbonyl (C=O) groups excluding carboxylic acids is 1. The fraction of sp³-hybridized carbons (Fsp3) is 0.400. The van der Waals surface area contributed by atoms with Crippen molar-refractivity contribution in [1.29, 1.82) is 0 Å². The maximum Gasteiger partial charge on any atom is 0.238 e. The number of fused-ring (bicyclic) bond motifs is 1. The summed E-state index contributed by atoms with van der Waals surface area (Å²) >= 11 is 0. The Bertz CT molecular complexity index is 764. The van der Waals surface area contributed by atoms with Gasteiger partial charge in [0, 0.05) is 11.9 Å². The molecule has 2 heterocycles. The van der Waals surface area contributed by atoms with Crippen LogP contribution >= 0.6 is 0 Å². The number of nitrogens with zero attached hydrogens (tertiary/aromatic N) is 1. The van der Waals surface area contributed by atoms with E-state index in [-0.39, 0.29) is 12.5 Å². The molecule has 1 fully saturated rings. The van der Waals surface area contributed by atoms with E-state index < -0.39 is 16.1 Å². The molecule has 0 spiro atoms. The maximum atomic E-state index is 12.2. The molecular weight excluding hydrogens is 304 g/mol. The summed E-state index contributed by atoms with van der Waals surface area (Å²) in [7, 11) is -3.35. The summed E-state index contributed by atoms with van der Waals surface area (Å²) < 4.78 is 30.2. The number of carbonyl (C=O) groups is 1. The summed E-state index contributed by atoms with van der Waals surface area (Å²) in [4.78, 5) is 12.2. The molecule has 1 amide bonds. The van der Waals surface area contributed by atoms with Crippen LogP contribution in [0.2, 0.25) is 0 Å². The van der Waals surface area contributed by atoms with Crippen LogP contribution in [0.5, 0.6) is 0 Å². The second-order valence-electron chi connectivity index (χ2n) is 5.50. The Morgan fingerprint density at radius 2 is 2.18 bits per heavy atom. The van der Waals surface area contributed by atoms with Crippen molar-refractivity contribution in [1.82, 2.24) is 9.62 Å². The SMILES string of the molecule is CS(=O)(=O)N1CCC[C@H]1C(=O)NCc1cc2ccccc2o1. The fourth-order valence-corrected chi connectivity index (χ4v) is 3.94. The van der Waals surface area contributed by atoms with Gasteiger partial charge in [0.25, 0.3) is 0 Å². The molecule has 118 valence electrons. The molecule has 0 unspecified atom stereocenters. The number of para-hydroxylation sites is 1. The standard InChI is InChI=1S/C15H18N2O4S/c1-22(19,20)17-8-4-6-13(17)15(18)16-10-12-9-11-5-2-3-7-14(11)21-12/h2-3,5,7,9,13H,4,6,8,10H2,1H3,(H,16,18)/t13-/m0/s1. The van der Waals surface area contributed by atoms with Crippen molar-refractivity contribution in [2.75, 3.05) is 12.8 Å². The average Bonchev–Trinajstić information content (AvgIpc) is 3.10. The van der Waals surface area contributed by atoms with Crippen LogP contribution in [-0.4, -0.2) is 37.5 Å². The van der Waals surface area contributed by atoms with E-state index in [1.807, 2.05) is 30.3 Å². The fourth-order valence-electron chi connectivity index (χ4n) is 2.82. The molecule has 1 aromatic carbocycles. The Kier molecular flexibility index (Phi) is 3.92. The summed E-state index contributed by atoms with van der Waals surface area (Å²) in [6.07, 6.45) is 2.40. The Balaban J connectivity index is 1.67. The Morgan fingerprint density at radius 3 is 2.91 bits per heavy atom. The number of hydrogen-bond donors (Lipinski definition) is 1. The van der Waals surface area contributed by atoms with Gasteiger partial charge in [-0.25, -0.2) is 8.42 Å². The van der Waals surface area contributed by atoms with Gasteiger partial charge in [0.05, 0.1) is 12.8 Å². The third-order valence-electron chi connectivity index (χ3n) is 3.85. The van der Waals surface area contributed by atoms with Gasteiger partial charge in [0.1, 0.15) is 17.4 Å². The molecule has 0 saturated carbocycles. The highest BCUT2D eigenvalue weighted by molar-refractivity contribution is 7.88. The summed E-state index contributed by atoms with van der Waals surface area (Å²) in [6, 6.07) is 8.87. The predicted molar refractivity (Wildman–Crippen MR) is 82.6 cm³/mol. The molecule has 0 bridgehead atoms. The Morgan fingerprint density at radius 1 is 1.41 bits per heavy atom. The molecule has 6 nitrogen and oxygen atoms in total.